The molecule has 1 aliphatic heterocycles. The number of para-hydroxylation sites is 1. The van der Waals surface area contributed by atoms with Gasteiger partial charge in [-0.15, -0.1) is 0 Å². The average Bonchev–Trinajstić information content (AvgIpc) is 2.49. The van der Waals surface area contributed by atoms with Crippen molar-refractivity contribution in [1.82, 2.24) is 4.90 Å². The van der Waals surface area contributed by atoms with Gasteiger partial charge in [0, 0.05) is 13.1 Å². The van der Waals surface area contributed by atoms with Gasteiger partial charge in [-0.05, 0) is 31.9 Å². The van der Waals surface area contributed by atoms with Gasteiger partial charge in [-0.3, -0.25) is 9.59 Å². The number of carboxylic acid groups (broad SMARTS) is 1. The van der Waals surface area contributed by atoms with E-state index in [2.05, 4.69) is 0 Å². The van der Waals surface area contributed by atoms with E-state index in [4.69, 9.17) is 21.4 Å². The molecule has 0 aliphatic carbocycles. The molecule has 0 spiro atoms. The molecule has 1 fully saturated rings. The molecule has 6 heteroatoms. The zero-order valence-corrected chi connectivity index (χ0v) is 12.5. The van der Waals surface area contributed by atoms with E-state index in [0.717, 1.165) is 0 Å². The number of piperidine rings is 1. The number of nitrogens with zero attached hydrogens (tertiary/aromatic N) is 1. The Bertz CT molecular complexity index is 534. The largest absolute Gasteiger partial charge is 0.481 e. The van der Waals surface area contributed by atoms with Crippen molar-refractivity contribution in [1.29, 1.82) is 0 Å². The van der Waals surface area contributed by atoms with Gasteiger partial charge >= 0.3 is 5.97 Å². The summed E-state index contributed by atoms with van der Waals surface area (Å²) in [5.74, 6) is -1.10. The topological polar surface area (TPSA) is 66.8 Å². The molecule has 114 valence electrons. The molecule has 1 aromatic rings. The van der Waals surface area contributed by atoms with E-state index in [-0.39, 0.29) is 12.5 Å². The van der Waals surface area contributed by atoms with Crippen LogP contribution in [0.3, 0.4) is 0 Å². The Kier molecular flexibility index (Phi) is 5.07. The third-order valence-corrected chi connectivity index (χ3v) is 3.88. The lowest BCUT2D eigenvalue weighted by molar-refractivity contribution is -0.147. The summed E-state index contributed by atoms with van der Waals surface area (Å²) in [6.45, 7) is 2.46. The zero-order valence-electron chi connectivity index (χ0n) is 11.8. The highest BCUT2D eigenvalue weighted by atomic mass is 35.5. The second-order valence-electron chi connectivity index (χ2n) is 5.15. The number of benzene rings is 1. The summed E-state index contributed by atoms with van der Waals surface area (Å²) in [6.07, 6.45) is 0.609. The first-order valence-corrected chi connectivity index (χ1v) is 7.29. The van der Waals surface area contributed by atoms with Crippen LogP contribution in [0.5, 0.6) is 5.75 Å². The minimum Gasteiger partial charge on any atom is -0.481 e. The van der Waals surface area contributed by atoms with Crippen LogP contribution in [0.2, 0.25) is 5.02 Å². The first-order chi connectivity index (χ1) is 9.99. The summed E-state index contributed by atoms with van der Waals surface area (Å²) in [7, 11) is 0. The maximum absolute atomic E-state index is 12.3. The van der Waals surface area contributed by atoms with Crippen molar-refractivity contribution in [3.05, 3.63) is 29.3 Å². The Morgan fingerprint density at radius 1 is 1.43 bits per heavy atom. The van der Waals surface area contributed by atoms with Gasteiger partial charge in [-0.2, -0.15) is 0 Å². The monoisotopic (exact) mass is 311 g/mol. The van der Waals surface area contributed by atoms with E-state index >= 15 is 0 Å². The Morgan fingerprint density at radius 2 is 2.14 bits per heavy atom. The van der Waals surface area contributed by atoms with E-state index in [1.165, 1.54) is 0 Å². The van der Waals surface area contributed by atoms with Crippen LogP contribution < -0.4 is 4.74 Å². The predicted octanol–water partition coefficient (Wildman–Crippen LogP) is 2.43. The van der Waals surface area contributed by atoms with Crippen LogP contribution in [0, 0.1) is 5.92 Å². The number of carbonyl (C=O) groups is 2. The summed E-state index contributed by atoms with van der Waals surface area (Å²) in [5, 5.41) is 9.51. The lowest BCUT2D eigenvalue weighted by Crippen LogP contribution is -2.47. The molecule has 1 aromatic carbocycles. The van der Waals surface area contributed by atoms with Gasteiger partial charge in [0.15, 0.2) is 6.10 Å². The number of likely N-dealkylation sites (tertiary alicyclic amines) is 1. The first kappa shape index (κ1) is 15.6. The third kappa shape index (κ3) is 3.88. The fourth-order valence-corrected chi connectivity index (χ4v) is 2.60. The highest BCUT2D eigenvalue weighted by Crippen LogP contribution is 2.25. The van der Waals surface area contributed by atoms with Crippen molar-refractivity contribution in [3.63, 3.8) is 0 Å². The molecule has 2 atom stereocenters. The third-order valence-electron chi connectivity index (χ3n) is 3.57. The number of aliphatic carboxylic acids is 1. The number of ether oxygens (including phenoxy) is 1. The maximum Gasteiger partial charge on any atom is 0.308 e. The van der Waals surface area contributed by atoms with Gasteiger partial charge in [-0.1, -0.05) is 23.7 Å². The van der Waals surface area contributed by atoms with Crippen molar-refractivity contribution in [2.24, 2.45) is 5.92 Å². The molecule has 0 saturated carbocycles. The standard InChI is InChI=1S/C15H18ClNO4/c1-10(21-13-7-3-2-6-12(13)16)14(18)17-8-4-5-11(9-17)15(19)20/h2-3,6-7,10-11H,4-5,8-9H2,1H3,(H,19,20)/t10-,11+/m0/s1. The molecular weight excluding hydrogens is 294 g/mol. The summed E-state index contributed by atoms with van der Waals surface area (Å²) >= 11 is 6.00. The number of rotatable bonds is 4. The Morgan fingerprint density at radius 3 is 2.81 bits per heavy atom. The van der Waals surface area contributed by atoms with Crippen LogP contribution in [-0.4, -0.2) is 41.1 Å². The minimum atomic E-state index is -0.854. The molecule has 0 radical (unpaired) electrons. The number of carboxylic acids is 1. The van der Waals surface area contributed by atoms with Crippen molar-refractivity contribution < 1.29 is 19.4 Å². The molecule has 0 bridgehead atoms. The van der Waals surface area contributed by atoms with Gasteiger partial charge in [0.1, 0.15) is 5.75 Å². The normalized spacial score (nSPS) is 19.9. The van der Waals surface area contributed by atoms with Crippen molar-refractivity contribution >= 4 is 23.5 Å². The lowest BCUT2D eigenvalue weighted by Gasteiger charge is -2.32. The van der Waals surface area contributed by atoms with Crippen LogP contribution >= 0.6 is 11.6 Å². The second kappa shape index (κ2) is 6.80. The molecule has 5 nitrogen and oxygen atoms in total. The van der Waals surface area contributed by atoms with E-state index < -0.39 is 18.0 Å². The predicted molar refractivity (Wildman–Crippen MR) is 78.5 cm³/mol. The van der Waals surface area contributed by atoms with Gasteiger partial charge in [-0.25, -0.2) is 0 Å². The molecule has 1 saturated heterocycles. The Balaban J connectivity index is 1.99. The van der Waals surface area contributed by atoms with Gasteiger partial charge in [0.05, 0.1) is 10.9 Å². The van der Waals surface area contributed by atoms with Crippen molar-refractivity contribution in [2.75, 3.05) is 13.1 Å². The van der Waals surface area contributed by atoms with E-state index in [1.807, 2.05) is 0 Å². The number of carbonyl (C=O) groups excluding carboxylic acids is 1. The van der Waals surface area contributed by atoms with Crippen molar-refractivity contribution in [2.45, 2.75) is 25.9 Å². The van der Waals surface area contributed by atoms with Gasteiger partial charge in [0.2, 0.25) is 0 Å². The number of hydrogen-bond acceptors (Lipinski definition) is 3. The van der Waals surface area contributed by atoms with Gasteiger partial charge < -0.3 is 14.7 Å². The SMILES string of the molecule is C[C@H](Oc1ccccc1Cl)C(=O)N1CCC[C@@H](C(=O)O)C1. The molecule has 0 unspecified atom stereocenters. The molecular formula is C15H18ClNO4. The maximum atomic E-state index is 12.3. The summed E-state index contributed by atoms with van der Waals surface area (Å²) < 4.78 is 5.59. The van der Waals surface area contributed by atoms with Crippen LogP contribution in [0.15, 0.2) is 24.3 Å². The van der Waals surface area contributed by atoms with Crippen LogP contribution in [0.4, 0.5) is 0 Å². The number of halogens is 1. The average molecular weight is 312 g/mol. The van der Waals surface area contributed by atoms with Crippen molar-refractivity contribution in [3.8, 4) is 5.75 Å². The minimum absolute atomic E-state index is 0.208. The molecule has 1 N–H and O–H groups in total. The summed E-state index contributed by atoms with van der Waals surface area (Å²) in [6, 6.07) is 6.95. The lowest BCUT2D eigenvalue weighted by atomic mass is 9.98. The molecule has 21 heavy (non-hydrogen) atoms. The first-order valence-electron chi connectivity index (χ1n) is 6.92. The van der Waals surface area contributed by atoms with Crippen LogP contribution in [-0.2, 0) is 9.59 Å². The molecule has 1 aliphatic rings. The fraction of sp³-hybridized carbons (Fsp3) is 0.467. The highest BCUT2D eigenvalue weighted by molar-refractivity contribution is 6.32. The van der Waals surface area contributed by atoms with E-state index in [0.29, 0.717) is 30.2 Å². The fourth-order valence-electron chi connectivity index (χ4n) is 2.42. The quantitative estimate of drug-likeness (QED) is 0.927. The molecule has 1 amide bonds. The van der Waals surface area contributed by atoms with E-state index in [9.17, 15) is 9.59 Å². The van der Waals surface area contributed by atoms with Crippen LogP contribution in [0.1, 0.15) is 19.8 Å². The van der Waals surface area contributed by atoms with Gasteiger partial charge in [0.25, 0.3) is 5.91 Å². The van der Waals surface area contributed by atoms with E-state index in [1.54, 1.807) is 36.1 Å². The van der Waals surface area contributed by atoms with Crippen LogP contribution in [0.25, 0.3) is 0 Å². The number of amides is 1. The molecule has 1 heterocycles. The Labute approximate surface area is 128 Å². The molecule has 2 rings (SSSR count). The smallest absolute Gasteiger partial charge is 0.308 e. The number of hydrogen-bond donors (Lipinski definition) is 1. The second-order valence-corrected chi connectivity index (χ2v) is 5.56. The Hall–Kier alpha value is -1.75. The highest BCUT2D eigenvalue weighted by Gasteiger charge is 2.31. The zero-order chi connectivity index (χ0) is 15.4. The molecule has 0 aromatic heterocycles. The summed E-state index contributed by atoms with van der Waals surface area (Å²) in [4.78, 5) is 24.9. The summed E-state index contributed by atoms with van der Waals surface area (Å²) in [5.41, 5.74) is 0.